The van der Waals surface area contributed by atoms with E-state index in [9.17, 15) is 32.7 Å². The molecule has 1 rings (SSSR count). The largest absolute Gasteiger partial charge is 0.480 e. The van der Waals surface area contributed by atoms with Crippen LogP contribution in [0.5, 0.6) is 0 Å². The maximum absolute atomic E-state index is 12.8. The van der Waals surface area contributed by atoms with E-state index >= 15 is 0 Å². The average molecular weight is 376 g/mol. The lowest BCUT2D eigenvalue weighted by molar-refractivity contribution is -0.187. The molecule has 10 heteroatoms. The highest BCUT2D eigenvalue weighted by molar-refractivity contribution is 5.99. The van der Waals surface area contributed by atoms with Gasteiger partial charge in [-0.3, -0.25) is 4.79 Å². The highest BCUT2D eigenvalue weighted by Gasteiger charge is 2.49. The summed E-state index contributed by atoms with van der Waals surface area (Å²) >= 11 is 0. The molecule has 0 aliphatic heterocycles. The van der Waals surface area contributed by atoms with Crippen LogP contribution in [-0.2, 0) is 20.9 Å². The summed E-state index contributed by atoms with van der Waals surface area (Å²) in [7, 11) is 0. The molecule has 0 bridgehead atoms. The number of benzene rings is 1. The molecule has 2 amide bonds. The standard InChI is InChI=1S/C16H19F3N2O5/c17-16(18,19)14(24)21(12(13(22)23)8-4-5-9-20)15(25)26-10-11-6-2-1-3-7-11/h1-3,6-7,12H,4-5,8-10,20H2,(H,22,23)/t12-/m0/s1. The van der Waals surface area contributed by atoms with E-state index in [1.54, 1.807) is 30.3 Å². The zero-order valence-electron chi connectivity index (χ0n) is 13.7. The van der Waals surface area contributed by atoms with Gasteiger partial charge in [0.2, 0.25) is 0 Å². The van der Waals surface area contributed by atoms with Crippen LogP contribution >= 0.6 is 0 Å². The van der Waals surface area contributed by atoms with Crippen LogP contribution < -0.4 is 5.73 Å². The van der Waals surface area contributed by atoms with Crippen molar-refractivity contribution in [3.8, 4) is 0 Å². The smallest absolute Gasteiger partial charge is 0.471 e. The van der Waals surface area contributed by atoms with Gasteiger partial charge in [0.15, 0.2) is 0 Å². The van der Waals surface area contributed by atoms with Crippen LogP contribution in [0.25, 0.3) is 0 Å². The van der Waals surface area contributed by atoms with Crippen molar-refractivity contribution in [1.82, 2.24) is 4.90 Å². The Labute approximate surface area is 147 Å². The number of rotatable bonds is 8. The Balaban J connectivity index is 2.99. The fraction of sp³-hybridized carbons (Fsp3) is 0.438. The van der Waals surface area contributed by atoms with Gasteiger partial charge in [-0.1, -0.05) is 30.3 Å². The van der Waals surface area contributed by atoms with Gasteiger partial charge in [-0.15, -0.1) is 0 Å². The molecule has 0 aliphatic rings. The number of hydrogen-bond acceptors (Lipinski definition) is 5. The number of carboxylic acid groups (broad SMARTS) is 1. The number of nitrogens with two attached hydrogens (primary N) is 1. The number of nitrogens with zero attached hydrogens (tertiary/aromatic N) is 1. The molecule has 1 aromatic rings. The fourth-order valence-electron chi connectivity index (χ4n) is 2.12. The molecular formula is C16H19F3N2O5. The number of halogens is 3. The van der Waals surface area contributed by atoms with Gasteiger partial charge < -0.3 is 15.6 Å². The molecule has 0 spiro atoms. The number of imide groups is 1. The minimum atomic E-state index is -5.42. The van der Waals surface area contributed by atoms with E-state index in [4.69, 9.17) is 10.5 Å². The van der Waals surface area contributed by atoms with Crippen molar-refractivity contribution in [3.63, 3.8) is 0 Å². The molecule has 0 radical (unpaired) electrons. The highest BCUT2D eigenvalue weighted by atomic mass is 19.4. The second kappa shape index (κ2) is 9.76. The molecule has 26 heavy (non-hydrogen) atoms. The van der Waals surface area contributed by atoms with Gasteiger partial charge in [0.1, 0.15) is 12.6 Å². The SMILES string of the molecule is NCCCC[C@@H](C(=O)O)N(C(=O)OCc1ccccc1)C(=O)C(F)(F)F. The van der Waals surface area contributed by atoms with Crippen molar-refractivity contribution in [2.75, 3.05) is 6.54 Å². The lowest BCUT2D eigenvalue weighted by Crippen LogP contribution is -2.53. The van der Waals surface area contributed by atoms with Crippen molar-refractivity contribution in [1.29, 1.82) is 0 Å². The third-order valence-corrected chi connectivity index (χ3v) is 3.39. The summed E-state index contributed by atoms with van der Waals surface area (Å²) in [6.45, 7) is -0.214. The van der Waals surface area contributed by atoms with Crippen LogP contribution in [-0.4, -0.2) is 46.7 Å². The number of ether oxygens (including phenoxy) is 1. The first kappa shape index (κ1) is 21.4. The van der Waals surface area contributed by atoms with Crippen LogP contribution in [0.3, 0.4) is 0 Å². The van der Waals surface area contributed by atoms with Gasteiger partial charge in [-0.05, 0) is 31.4 Å². The van der Waals surface area contributed by atoms with Crippen LogP contribution in [0.1, 0.15) is 24.8 Å². The third-order valence-electron chi connectivity index (χ3n) is 3.39. The molecule has 1 atom stereocenters. The van der Waals surface area contributed by atoms with Crippen LogP contribution in [0.2, 0.25) is 0 Å². The Morgan fingerprint density at radius 2 is 1.77 bits per heavy atom. The summed E-state index contributed by atoms with van der Waals surface area (Å²) in [6, 6.07) is 6.03. The summed E-state index contributed by atoms with van der Waals surface area (Å²) in [6.07, 6.45) is -7.00. The average Bonchev–Trinajstić information content (AvgIpc) is 2.58. The third kappa shape index (κ3) is 6.36. The Morgan fingerprint density at radius 1 is 1.15 bits per heavy atom. The van der Waals surface area contributed by atoms with Crippen LogP contribution in [0, 0.1) is 0 Å². The van der Waals surface area contributed by atoms with E-state index in [2.05, 4.69) is 0 Å². The molecule has 3 N–H and O–H groups in total. The predicted octanol–water partition coefficient (Wildman–Crippen LogP) is 2.30. The number of carbonyl (C=O) groups is 3. The topological polar surface area (TPSA) is 110 Å². The molecule has 0 fully saturated rings. The lowest BCUT2D eigenvalue weighted by Gasteiger charge is -2.27. The number of carbonyl (C=O) groups excluding carboxylic acids is 2. The zero-order chi connectivity index (χ0) is 19.7. The van der Waals surface area contributed by atoms with Gasteiger partial charge in [0, 0.05) is 0 Å². The summed E-state index contributed by atoms with van der Waals surface area (Å²) in [5.41, 5.74) is 5.74. The zero-order valence-corrected chi connectivity index (χ0v) is 13.7. The number of alkyl halides is 3. The molecular weight excluding hydrogens is 357 g/mol. The fourth-order valence-corrected chi connectivity index (χ4v) is 2.12. The van der Waals surface area contributed by atoms with Gasteiger partial charge in [-0.25, -0.2) is 14.5 Å². The van der Waals surface area contributed by atoms with Crippen molar-refractivity contribution < 1.29 is 37.4 Å². The minimum absolute atomic E-state index is 0.126. The van der Waals surface area contributed by atoms with Gasteiger partial charge in [0.25, 0.3) is 0 Å². The Morgan fingerprint density at radius 3 is 2.27 bits per heavy atom. The first-order chi connectivity index (χ1) is 12.2. The monoisotopic (exact) mass is 376 g/mol. The summed E-state index contributed by atoms with van der Waals surface area (Å²) in [5, 5.41) is 9.19. The molecule has 0 saturated carbocycles. The van der Waals surface area contributed by atoms with Gasteiger partial charge in [-0.2, -0.15) is 13.2 Å². The number of unbranched alkanes of at least 4 members (excludes halogenated alkanes) is 1. The van der Waals surface area contributed by atoms with E-state index in [1.807, 2.05) is 0 Å². The molecule has 0 aliphatic carbocycles. The number of aliphatic carboxylic acids is 1. The first-order valence-electron chi connectivity index (χ1n) is 7.72. The van der Waals surface area contributed by atoms with Gasteiger partial charge in [0.05, 0.1) is 0 Å². The van der Waals surface area contributed by atoms with E-state index in [-0.39, 0.29) is 24.3 Å². The Kier molecular flexibility index (Phi) is 8.04. The quantitative estimate of drug-likeness (QED) is 0.674. The number of hydrogen-bond donors (Lipinski definition) is 2. The molecule has 0 saturated heterocycles. The van der Waals surface area contributed by atoms with E-state index in [0.29, 0.717) is 12.0 Å². The van der Waals surface area contributed by atoms with E-state index < -0.39 is 36.8 Å². The lowest BCUT2D eigenvalue weighted by atomic mass is 10.1. The molecule has 1 aromatic carbocycles. The summed E-state index contributed by atoms with van der Waals surface area (Å²) in [5.74, 6) is -4.33. The van der Waals surface area contributed by atoms with E-state index in [0.717, 1.165) is 0 Å². The second-order valence-corrected chi connectivity index (χ2v) is 5.35. The molecule has 144 valence electrons. The van der Waals surface area contributed by atoms with Crippen molar-refractivity contribution in [3.05, 3.63) is 35.9 Å². The predicted molar refractivity (Wildman–Crippen MR) is 83.9 cm³/mol. The van der Waals surface area contributed by atoms with Crippen LogP contribution in [0.15, 0.2) is 30.3 Å². The summed E-state index contributed by atoms with van der Waals surface area (Å²) in [4.78, 5) is 34.6. The maximum atomic E-state index is 12.8. The number of amides is 2. The highest BCUT2D eigenvalue weighted by Crippen LogP contribution is 2.23. The second-order valence-electron chi connectivity index (χ2n) is 5.35. The molecule has 0 aromatic heterocycles. The maximum Gasteiger partial charge on any atom is 0.471 e. The molecule has 0 heterocycles. The van der Waals surface area contributed by atoms with Crippen molar-refractivity contribution >= 4 is 18.0 Å². The van der Waals surface area contributed by atoms with Crippen molar-refractivity contribution in [2.45, 2.75) is 38.1 Å². The Bertz CT molecular complexity index is 622. The molecule has 7 nitrogen and oxygen atoms in total. The van der Waals surface area contributed by atoms with Gasteiger partial charge >= 0.3 is 24.1 Å². The normalized spacial score (nSPS) is 12.3. The van der Waals surface area contributed by atoms with Crippen LogP contribution in [0.4, 0.5) is 18.0 Å². The first-order valence-corrected chi connectivity index (χ1v) is 7.72. The Hall–Kier alpha value is -2.62. The molecule has 0 unspecified atom stereocenters. The van der Waals surface area contributed by atoms with E-state index in [1.165, 1.54) is 0 Å². The minimum Gasteiger partial charge on any atom is -0.480 e. The van der Waals surface area contributed by atoms with Crippen molar-refractivity contribution in [2.24, 2.45) is 5.73 Å². The summed E-state index contributed by atoms with van der Waals surface area (Å²) < 4.78 is 43.2. The number of carboxylic acids is 1.